The van der Waals surface area contributed by atoms with Gasteiger partial charge in [0.25, 0.3) is 5.69 Å². The van der Waals surface area contributed by atoms with Crippen LogP contribution in [0.2, 0.25) is 0 Å². The van der Waals surface area contributed by atoms with Crippen LogP contribution in [0.5, 0.6) is 0 Å². The maximum atomic E-state index is 12.8. The number of methoxy groups -OCH3 is 1. The lowest BCUT2D eigenvalue weighted by atomic mass is 9.51. The summed E-state index contributed by atoms with van der Waals surface area (Å²) >= 11 is 0. The van der Waals surface area contributed by atoms with Crippen molar-refractivity contribution in [2.24, 2.45) is 11.3 Å². The zero-order valence-electron chi connectivity index (χ0n) is 16.2. The van der Waals surface area contributed by atoms with Gasteiger partial charge in [-0.2, -0.15) is 0 Å². The standard InChI is InChI=1S/C21H25N3O4/c1-3-20-7-4-9-23-10-8-21(19(20)23)15-11-13(24(26)27)5-6-16(15)22-17(21)14(12-20)18(25)28-2/h4-7,11,14,17,19,22H,3,8-10,12H2,1-2H3/t14-,17-,19-,20-,21-/m0/s1. The van der Waals surface area contributed by atoms with Crippen LogP contribution in [-0.2, 0) is 14.9 Å². The molecule has 4 aliphatic rings. The molecule has 2 fully saturated rings. The van der Waals surface area contributed by atoms with E-state index in [1.54, 1.807) is 12.1 Å². The van der Waals surface area contributed by atoms with E-state index < -0.39 is 0 Å². The molecule has 0 bridgehead atoms. The number of hydrogen-bond acceptors (Lipinski definition) is 6. The van der Waals surface area contributed by atoms with Gasteiger partial charge in [0.1, 0.15) is 0 Å². The van der Waals surface area contributed by atoms with Crippen molar-refractivity contribution < 1.29 is 14.5 Å². The zero-order chi connectivity index (χ0) is 19.7. The summed E-state index contributed by atoms with van der Waals surface area (Å²) in [5, 5.41) is 15.1. The number of hydrogen-bond donors (Lipinski definition) is 1. The van der Waals surface area contributed by atoms with Gasteiger partial charge in [-0.05, 0) is 37.4 Å². The Balaban J connectivity index is 1.75. The number of carbonyl (C=O) groups is 1. The molecule has 3 heterocycles. The number of carbonyl (C=O) groups excluding carboxylic acids is 1. The average Bonchev–Trinajstić information content (AvgIpc) is 3.27. The van der Waals surface area contributed by atoms with Crippen molar-refractivity contribution in [3.63, 3.8) is 0 Å². The number of nitrogens with zero attached hydrogens (tertiary/aromatic N) is 2. The fraction of sp³-hybridized carbons (Fsp3) is 0.571. The number of non-ortho nitro benzene ring substituents is 1. The molecule has 3 aliphatic heterocycles. The van der Waals surface area contributed by atoms with Gasteiger partial charge in [-0.15, -0.1) is 0 Å². The minimum Gasteiger partial charge on any atom is -0.469 e. The Labute approximate surface area is 163 Å². The quantitative estimate of drug-likeness (QED) is 0.374. The van der Waals surface area contributed by atoms with Crippen LogP contribution < -0.4 is 5.32 Å². The van der Waals surface area contributed by atoms with Crippen LogP contribution in [-0.4, -0.2) is 48.1 Å². The zero-order valence-corrected chi connectivity index (χ0v) is 16.2. The van der Waals surface area contributed by atoms with Gasteiger partial charge in [-0.25, -0.2) is 0 Å². The molecule has 148 valence electrons. The molecule has 0 radical (unpaired) electrons. The van der Waals surface area contributed by atoms with Crippen molar-refractivity contribution in [3.05, 3.63) is 46.0 Å². The largest absolute Gasteiger partial charge is 0.469 e. The van der Waals surface area contributed by atoms with Crippen molar-refractivity contribution in [3.8, 4) is 0 Å². The summed E-state index contributed by atoms with van der Waals surface area (Å²) in [5.74, 6) is -0.474. The van der Waals surface area contributed by atoms with Crippen LogP contribution >= 0.6 is 0 Å². The van der Waals surface area contributed by atoms with Gasteiger partial charge in [-0.1, -0.05) is 19.1 Å². The first-order valence-corrected chi connectivity index (χ1v) is 10.0. The second-order valence-corrected chi connectivity index (χ2v) is 8.62. The minimum atomic E-state index is -0.328. The summed E-state index contributed by atoms with van der Waals surface area (Å²) < 4.78 is 5.21. The molecule has 5 atom stereocenters. The molecule has 1 N–H and O–H groups in total. The topological polar surface area (TPSA) is 84.7 Å². The molecule has 1 aromatic carbocycles. The number of rotatable bonds is 3. The first kappa shape index (κ1) is 17.7. The number of fused-ring (bicyclic) bond motifs is 1. The fourth-order valence-corrected chi connectivity index (χ4v) is 6.73. The third kappa shape index (κ3) is 2.00. The molecule has 5 rings (SSSR count). The SMILES string of the molecule is CC[C@]12C=CCN3CC[C@@]4(c5cc([N+](=O)[O-])ccc5N[C@H]4[C@@H](C(=O)OC)C1)[C@@H]32. The van der Waals surface area contributed by atoms with E-state index in [4.69, 9.17) is 4.74 Å². The highest BCUT2D eigenvalue weighted by Crippen LogP contribution is 2.64. The van der Waals surface area contributed by atoms with E-state index >= 15 is 0 Å². The lowest BCUT2D eigenvalue weighted by molar-refractivity contribution is -0.384. The number of anilines is 1. The summed E-state index contributed by atoms with van der Waals surface area (Å²) in [7, 11) is 1.45. The summed E-state index contributed by atoms with van der Waals surface area (Å²) in [6.07, 6.45) is 7.09. The Morgan fingerprint density at radius 1 is 1.46 bits per heavy atom. The summed E-state index contributed by atoms with van der Waals surface area (Å²) in [5.41, 5.74) is 1.59. The molecule has 1 spiro atoms. The van der Waals surface area contributed by atoms with Gasteiger partial charge in [0.2, 0.25) is 0 Å². The highest BCUT2D eigenvalue weighted by molar-refractivity contribution is 5.78. The predicted octanol–water partition coefficient (Wildman–Crippen LogP) is 2.86. The number of esters is 1. The van der Waals surface area contributed by atoms with Gasteiger partial charge in [0.15, 0.2) is 0 Å². The molecule has 7 nitrogen and oxygen atoms in total. The molecular weight excluding hydrogens is 358 g/mol. The van der Waals surface area contributed by atoms with Crippen molar-refractivity contribution in [1.29, 1.82) is 0 Å². The lowest BCUT2D eigenvalue weighted by Gasteiger charge is -2.57. The second-order valence-electron chi connectivity index (χ2n) is 8.62. The third-order valence-electron chi connectivity index (χ3n) is 7.75. The van der Waals surface area contributed by atoms with Gasteiger partial charge in [0, 0.05) is 41.2 Å². The summed E-state index contributed by atoms with van der Waals surface area (Å²) in [4.78, 5) is 26.5. The Morgan fingerprint density at radius 2 is 2.29 bits per heavy atom. The van der Waals surface area contributed by atoms with Crippen LogP contribution in [0, 0.1) is 21.4 Å². The maximum absolute atomic E-state index is 12.8. The van der Waals surface area contributed by atoms with Crippen LogP contribution in [0.4, 0.5) is 11.4 Å². The smallest absolute Gasteiger partial charge is 0.310 e. The molecule has 28 heavy (non-hydrogen) atoms. The fourth-order valence-electron chi connectivity index (χ4n) is 6.73. The Bertz CT molecular complexity index is 900. The third-order valence-corrected chi connectivity index (χ3v) is 7.75. The Morgan fingerprint density at radius 3 is 3.00 bits per heavy atom. The average molecular weight is 383 g/mol. The first-order valence-electron chi connectivity index (χ1n) is 10.0. The molecule has 0 unspecified atom stereocenters. The number of nitrogens with one attached hydrogen (secondary N) is 1. The minimum absolute atomic E-state index is 0.0990. The van der Waals surface area contributed by atoms with Gasteiger partial charge in [0.05, 0.1) is 24.0 Å². The van der Waals surface area contributed by atoms with Gasteiger partial charge < -0.3 is 10.1 Å². The summed E-state index contributed by atoms with van der Waals surface area (Å²) in [6.45, 7) is 4.02. The highest BCUT2D eigenvalue weighted by atomic mass is 16.6. The molecule has 1 saturated carbocycles. The summed E-state index contributed by atoms with van der Waals surface area (Å²) in [6, 6.07) is 5.23. The van der Waals surface area contributed by atoms with E-state index in [0.717, 1.165) is 43.6 Å². The van der Waals surface area contributed by atoms with Crippen molar-refractivity contribution in [1.82, 2.24) is 4.90 Å². The predicted molar refractivity (Wildman–Crippen MR) is 104 cm³/mol. The van der Waals surface area contributed by atoms with Crippen LogP contribution in [0.15, 0.2) is 30.4 Å². The Kier molecular flexibility index (Phi) is 3.66. The van der Waals surface area contributed by atoms with Crippen LogP contribution in [0.3, 0.4) is 0 Å². The first-order chi connectivity index (χ1) is 13.5. The van der Waals surface area contributed by atoms with Gasteiger partial charge >= 0.3 is 5.97 Å². The highest BCUT2D eigenvalue weighted by Gasteiger charge is 2.69. The monoisotopic (exact) mass is 383 g/mol. The van der Waals surface area contributed by atoms with Crippen LogP contribution in [0.1, 0.15) is 31.7 Å². The molecular formula is C21H25N3O4. The lowest BCUT2D eigenvalue weighted by Crippen LogP contribution is -2.66. The van der Waals surface area contributed by atoms with E-state index in [1.165, 1.54) is 7.11 Å². The maximum Gasteiger partial charge on any atom is 0.310 e. The van der Waals surface area contributed by atoms with Crippen molar-refractivity contribution >= 4 is 17.3 Å². The molecule has 1 aromatic rings. The molecule has 1 aliphatic carbocycles. The van der Waals surface area contributed by atoms with E-state index in [1.807, 2.05) is 6.07 Å². The Hall–Kier alpha value is -2.41. The number of benzene rings is 1. The second kappa shape index (κ2) is 5.80. The molecule has 1 saturated heterocycles. The van der Waals surface area contributed by atoms with E-state index in [9.17, 15) is 14.9 Å². The van der Waals surface area contributed by atoms with E-state index in [-0.39, 0.29) is 45.4 Å². The molecule has 0 amide bonds. The van der Waals surface area contributed by atoms with E-state index in [2.05, 4.69) is 29.3 Å². The normalized spacial score (nSPS) is 37.6. The molecule has 0 aromatic heterocycles. The van der Waals surface area contributed by atoms with Crippen LogP contribution in [0.25, 0.3) is 0 Å². The number of nitro groups is 1. The van der Waals surface area contributed by atoms with Gasteiger partial charge in [-0.3, -0.25) is 19.8 Å². The van der Waals surface area contributed by atoms with Crippen molar-refractivity contribution in [2.45, 2.75) is 43.7 Å². The van der Waals surface area contributed by atoms with Crippen molar-refractivity contribution in [2.75, 3.05) is 25.5 Å². The molecule has 7 heteroatoms. The van der Waals surface area contributed by atoms with E-state index in [0.29, 0.717) is 0 Å². The number of nitro benzene ring substituents is 1. The number of ether oxygens (including phenoxy) is 1.